The molecule has 208 valence electrons. The molecule has 14 heteroatoms. The molecule has 0 bridgehead atoms. The number of rotatable bonds is 9. The third kappa shape index (κ3) is 6.58. The van der Waals surface area contributed by atoms with Gasteiger partial charge in [0.05, 0.1) is 19.3 Å². The lowest BCUT2D eigenvalue weighted by molar-refractivity contribution is -0.122. The van der Waals surface area contributed by atoms with Gasteiger partial charge in [-0.05, 0) is 48.9 Å². The van der Waals surface area contributed by atoms with Gasteiger partial charge in [-0.15, -0.1) is 0 Å². The molecular weight excluding hydrogens is 542 g/mol. The number of carbonyl (C=O) groups is 3. The lowest BCUT2D eigenvalue weighted by atomic mass is 10.0. The highest BCUT2D eigenvalue weighted by molar-refractivity contribution is 8.15. The first-order valence-corrected chi connectivity index (χ1v) is 12.9. The minimum absolute atomic E-state index is 0.118. The van der Waals surface area contributed by atoms with Crippen LogP contribution >= 0.6 is 11.8 Å². The van der Waals surface area contributed by atoms with E-state index in [2.05, 4.69) is 25.6 Å². The fourth-order valence-corrected chi connectivity index (χ4v) is 4.83. The minimum Gasteiger partial charge on any atom is -0.497 e. The van der Waals surface area contributed by atoms with Crippen molar-refractivity contribution in [3.8, 4) is 11.6 Å². The van der Waals surface area contributed by atoms with E-state index in [0.29, 0.717) is 22.6 Å². The van der Waals surface area contributed by atoms with Crippen molar-refractivity contribution in [1.29, 1.82) is 0 Å². The lowest BCUT2D eigenvalue weighted by Crippen LogP contribution is -2.29. The van der Waals surface area contributed by atoms with Crippen LogP contribution in [0.3, 0.4) is 0 Å². The smallest absolute Gasteiger partial charge is 0.338 e. The topological polar surface area (TPSA) is 192 Å². The van der Waals surface area contributed by atoms with Crippen LogP contribution in [-0.2, 0) is 14.3 Å². The van der Waals surface area contributed by atoms with E-state index in [-0.39, 0.29) is 23.8 Å². The highest BCUT2D eigenvalue weighted by atomic mass is 32.2. The molecule has 0 unspecified atom stereocenters. The van der Waals surface area contributed by atoms with E-state index in [1.165, 1.54) is 19.2 Å². The Hall–Kier alpha value is -4.85. The van der Waals surface area contributed by atoms with Gasteiger partial charge in [-0.1, -0.05) is 23.9 Å². The van der Waals surface area contributed by atoms with E-state index in [4.69, 9.17) is 9.47 Å². The highest BCUT2D eigenvalue weighted by Crippen LogP contribution is 2.32. The van der Waals surface area contributed by atoms with Crippen molar-refractivity contribution in [1.82, 2.24) is 15.3 Å². The molecule has 0 saturated carbocycles. The predicted octanol–water partition coefficient (Wildman–Crippen LogP) is 1.66. The number of amidine groups is 1. The number of methoxy groups -OCH3 is 1. The molecule has 1 aliphatic heterocycles. The number of aliphatic imine (C=N–C) groups is 1. The number of nitrogens with zero attached hydrogens (tertiary/aromatic N) is 1. The SMILES string of the molecule is CCOC(=O)c1ccc(NC(=O)C[C@@H]2SC(=N[C@@H](c3ccc(OC)cc3)c3c(O)[nH]c(=O)[nH]c3=O)NC2=O)cc1. The second-order valence-electron chi connectivity index (χ2n) is 8.43. The molecule has 1 aromatic heterocycles. The Balaban J connectivity index is 1.52. The Labute approximate surface area is 231 Å². The van der Waals surface area contributed by atoms with E-state index in [0.717, 1.165) is 11.8 Å². The fourth-order valence-electron chi connectivity index (χ4n) is 3.83. The molecule has 4 rings (SSSR count). The van der Waals surface area contributed by atoms with Crippen LogP contribution < -0.4 is 26.6 Å². The van der Waals surface area contributed by atoms with Gasteiger partial charge in [-0.25, -0.2) is 14.6 Å². The molecule has 2 atom stereocenters. The van der Waals surface area contributed by atoms with Gasteiger partial charge in [0.15, 0.2) is 5.17 Å². The number of esters is 1. The number of aromatic hydroxyl groups is 1. The normalized spacial score (nSPS) is 16.3. The zero-order chi connectivity index (χ0) is 28.8. The average Bonchev–Trinajstić information content (AvgIpc) is 3.26. The van der Waals surface area contributed by atoms with Crippen molar-refractivity contribution < 1.29 is 29.0 Å². The van der Waals surface area contributed by atoms with Crippen molar-refractivity contribution in [2.75, 3.05) is 19.0 Å². The Morgan fingerprint density at radius 1 is 1.07 bits per heavy atom. The summed E-state index contributed by atoms with van der Waals surface area (Å²) in [6, 6.07) is 11.5. The quantitative estimate of drug-likeness (QED) is 0.239. The lowest BCUT2D eigenvalue weighted by Gasteiger charge is -2.15. The number of nitrogens with one attached hydrogen (secondary N) is 4. The zero-order valence-corrected chi connectivity index (χ0v) is 22.2. The van der Waals surface area contributed by atoms with Crippen molar-refractivity contribution in [2.45, 2.75) is 24.6 Å². The first kappa shape index (κ1) is 28.2. The van der Waals surface area contributed by atoms with Crippen molar-refractivity contribution in [3.05, 3.63) is 86.1 Å². The number of thioether (sulfide) groups is 1. The molecule has 2 heterocycles. The fraction of sp³-hybridized carbons (Fsp3) is 0.231. The molecule has 3 aromatic rings. The summed E-state index contributed by atoms with van der Waals surface area (Å²) in [6.45, 7) is 1.94. The first-order chi connectivity index (χ1) is 19.2. The molecule has 2 amide bonds. The predicted molar refractivity (Wildman–Crippen MR) is 147 cm³/mol. The summed E-state index contributed by atoms with van der Waals surface area (Å²) in [4.78, 5) is 70.0. The number of hydrogen-bond acceptors (Lipinski definition) is 10. The Morgan fingerprint density at radius 2 is 1.77 bits per heavy atom. The monoisotopic (exact) mass is 567 g/mol. The van der Waals surface area contributed by atoms with Crippen molar-refractivity contribution in [3.63, 3.8) is 0 Å². The Bertz CT molecular complexity index is 1560. The van der Waals surface area contributed by atoms with Crippen LogP contribution in [0.4, 0.5) is 5.69 Å². The maximum atomic E-state index is 12.6. The van der Waals surface area contributed by atoms with Crippen LogP contribution in [-0.4, -0.2) is 57.0 Å². The maximum absolute atomic E-state index is 12.6. The van der Waals surface area contributed by atoms with Crippen LogP contribution in [0.5, 0.6) is 11.6 Å². The van der Waals surface area contributed by atoms with Crippen LogP contribution in [0.15, 0.2) is 63.1 Å². The minimum atomic E-state index is -1.11. The molecule has 1 saturated heterocycles. The summed E-state index contributed by atoms with van der Waals surface area (Å²) in [5.74, 6) is -1.52. The van der Waals surface area contributed by atoms with Gasteiger partial charge in [0.2, 0.25) is 17.7 Å². The standard InChI is InChI=1S/C26H25N5O8S/c1-3-39-24(36)14-4-8-15(9-5-14)27-18(32)12-17-21(33)31-26(40-17)28-20(13-6-10-16(38-2)11-7-13)19-22(34)29-25(37)30-23(19)35/h4-11,17,20H,3,12H2,1-2H3,(H,27,32)(H,28,31,33)(H3,29,30,34,35,37)/t17-,20-/m0/s1. The summed E-state index contributed by atoms with van der Waals surface area (Å²) in [6.07, 6.45) is -0.188. The van der Waals surface area contributed by atoms with E-state index < -0.39 is 46.2 Å². The molecular formula is C26H25N5O8S. The summed E-state index contributed by atoms with van der Waals surface area (Å²) in [5, 5.41) is 14.9. The van der Waals surface area contributed by atoms with Gasteiger partial charge in [0.1, 0.15) is 22.6 Å². The van der Waals surface area contributed by atoms with Crippen LogP contribution in [0.25, 0.3) is 0 Å². The largest absolute Gasteiger partial charge is 0.497 e. The summed E-state index contributed by atoms with van der Waals surface area (Å²) in [5.41, 5.74) is -0.751. The molecule has 1 aliphatic rings. The zero-order valence-electron chi connectivity index (χ0n) is 21.3. The number of ether oxygens (including phenoxy) is 2. The van der Waals surface area contributed by atoms with Crippen molar-refractivity contribution in [2.24, 2.45) is 4.99 Å². The second-order valence-corrected chi connectivity index (χ2v) is 9.62. The van der Waals surface area contributed by atoms with Gasteiger partial charge in [0.25, 0.3) is 5.56 Å². The highest BCUT2D eigenvalue weighted by Gasteiger charge is 2.34. The molecule has 2 aromatic carbocycles. The number of hydrogen-bond donors (Lipinski definition) is 5. The third-order valence-corrected chi connectivity index (χ3v) is 6.83. The first-order valence-electron chi connectivity index (χ1n) is 12.0. The van der Waals surface area contributed by atoms with Crippen LogP contribution in [0.1, 0.15) is 40.9 Å². The number of benzene rings is 2. The van der Waals surface area contributed by atoms with E-state index in [1.54, 1.807) is 43.3 Å². The van der Waals surface area contributed by atoms with Gasteiger partial charge in [0, 0.05) is 12.1 Å². The number of aromatic amines is 2. The van der Waals surface area contributed by atoms with Crippen LogP contribution in [0.2, 0.25) is 0 Å². The number of aromatic nitrogens is 2. The molecule has 13 nitrogen and oxygen atoms in total. The van der Waals surface area contributed by atoms with Gasteiger partial charge in [-0.2, -0.15) is 0 Å². The Morgan fingerprint density at radius 3 is 2.40 bits per heavy atom. The van der Waals surface area contributed by atoms with E-state index in [1.807, 2.05) is 0 Å². The molecule has 5 N–H and O–H groups in total. The molecule has 40 heavy (non-hydrogen) atoms. The maximum Gasteiger partial charge on any atom is 0.338 e. The molecule has 0 aliphatic carbocycles. The summed E-state index contributed by atoms with van der Waals surface area (Å²) < 4.78 is 10.1. The van der Waals surface area contributed by atoms with Crippen molar-refractivity contribution >= 4 is 40.4 Å². The molecule has 0 spiro atoms. The Kier molecular flexibility index (Phi) is 8.69. The van der Waals surface area contributed by atoms with Gasteiger partial charge < -0.3 is 25.2 Å². The summed E-state index contributed by atoms with van der Waals surface area (Å²) >= 11 is 0.986. The number of carbonyl (C=O) groups excluding carboxylic acids is 3. The number of H-pyrrole nitrogens is 2. The van der Waals surface area contributed by atoms with E-state index in [9.17, 15) is 29.1 Å². The number of anilines is 1. The van der Waals surface area contributed by atoms with Gasteiger partial charge >= 0.3 is 11.7 Å². The number of amides is 2. The van der Waals surface area contributed by atoms with Crippen LogP contribution in [0, 0.1) is 0 Å². The van der Waals surface area contributed by atoms with Gasteiger partial charge in [-0.3, -0.25) is 24.4 Å². The summed E-state index contributed by atoms with van der Waals surface area (Å²) in [7, 11) is 1.49. The third-order valence-electron chi connectivity index (χ3n) is 5.74. The van der Waals surface area contributed by atoms with E-state index >= 15 is 0 Å². The average molecular weight is 568 g/mol. The molecule has 1 fully saturated rings. The molecule has 0 radical (unpaired) electrons. The second kappa shape index (κ2) is 12.3.